The Balaban J connectivity index is 1.34. The van der Waals surface area contributed by atoms with Crippen molar-refractivity contribution in [3.05, 3.63) is 0 Å². The maximum Gasteiger partial charge on any atom is 0.471 e. The zero-order chi connectivity index (χ0) is 23.8. The second-order valence-electron chi connectivity index (χ2n) is 10.5. The first-order valence-electron chi connectivity index (χ1n) is 11.7. The van der Waals surface area contributed by atoms with Crippen molar-refractivity contribution in [2.45, 2.75) is 94.8 Å². The van der Waals surface area contributed by atoms with Gasteiger partial charge in [0.15, 0.2) is 11.9 Å². The van der Waals surface area contributed by atoms with Crippen molar-refractivity contribution in [3.8, 4) is 0 Å². The maximum absolute atomic E-state index is 12.9. The van der Waals surface area contributed by atoms with E-state index in [1.807, 2.05) is 13.8 Å². The fourth-order valence-electron chi connectivity index (χ4n) is 6.67. The highest BCUT2D eigenvalue weighted by Gasteiger charge is 2.74. The van der Waals surface area contributed by atoms with Crippen LogP contribution in [0.3, 0.4) is 0 Å². The van der Waals surface area contributed by atoms with Crippen molar-refractivity contribution < 1.29 is 46.7 Å². The van der Waals surface area contributed by atoms with Crippen LogP contribution in [0, 0.1) is 17.8 Å². The van der Waals surface area contributed by atoms with Gasteiger partial charge in [0, 0.05) is 18.9 Å². The van der Waals surface area contributed by atoms with Crippen LogP contribution in [0.2, 0.25) is 0 Å². The van der Waals surface area contributed by atoms with Crippen LogP contribution in [0.25, 0.3) is 0 Å². The van der Waals surface area contributed by atoms with E-state index in [9.17, 15) is 22.8 Å². The van der Waals surface area contributed by atoms with Crippen molar-refractivity contribution in [3.63, 3.8) is 0 Å². The molecular formula is C22H30F3NO7. The SMILES string of the molecule is C[C@@H]1CC[C@H]2C(C)(COC(=O)[C@H]3CCCN3C(=O)C(F)(F)F)O[C@@H]3O[C@@]4(C)CC[C@@H]1[C@]32OO4. The Bertz CT molecular complexity index is 839. The zero-order valence-electron chi connectivity index (χ0n) is 19.0. The van der Waals surface area contributed by atoms with E-state index in [2.05, 4.69) is 6.92 Å². The van der Waals surface area contributed by atoms with Gasteiger partial charge < -0.3 is 19.1 Å². The Hall–Kier alpha value is -1.43. The summed E-state index contributed by atoms with van der Waals surface area (Å²) < 4.78 is 56.8. The van der Waals surface area contributed by atoms with Gasteiger partial charge >= 0.3 is 18.1 Å². The van der Waals surface area contributed by atoms with Gasteiger partial charge in [-0.25, -0.2) is 14.6 Å². The van der Waals surface area contributed by atoms with Gasteiger partial charge in [-0.2, -0.15) is 13.2 Å². The summed E-state index contributed by atoms with van der Waals surface area (Å²) in [7, 11) is 0. The largest absolute Gasteiger partial charge is 0.471 e. The Morgan fingerprint density at radius 2 is 1.85 bits per heavy atom. The summed E-state index contributed by atoms with van der Waals surface area (Å²) in [6.45, 7) is 5.50. The van der Waals surface area contributed by atoms with E-state index in [1.54, 1.807) is 0 Å². The lowest BCUT2D eigenvalue weighted by Gasteiger charge is -2.50. The molecule has 6 aliphatic rings. The van der Waals surface area contributed by atoms with Crippen LogP contribution in [0.4, 0.5) is 13.2 Å². The molecule has 0 N–H and O–H groups in total. The minimum absolute atomic E-state index is 0.128. The monoisotopic (exact) mass is 477 g/mol. The molecular weight excluding hydrogens is 447 g/mol. The van der Waals surface area contributed by atoms with E-state index in [0.717, 1.165) is 19.3 Å². The lowest BCUT2D eigenvalue weighted by Crippen LogP contribution is -2.62. The van der Waals surface area contributed by atoms with Gasteiger partial charge in [0.25, 0.3) is 0 Å². The van der Waals surface area contributed by atoms with Crippen molar-refractivity contribution in [1.82, 2.24) is 4.90 Å². The minimum atomic E-state index is -5.03. The van der Waals surface area contributed by atoms with Gasteiger partial charge in [-0.15, -0.1) is 0 Å². The second-order valence-corrected chi connectivity index (χ2v) is 10.5. The van der Waals surface area contributed by atoms with Crippen LogP contribution in [0.1, 0.15) is 59.3 Å². The van der Waals surface area contributed by atoms with Gasteiger partial charge in [-0.05, 0) is 57.8 Å². The molecule has 8 nitrogen and oxygen atoms in total. The number of halogens is 3. The molecule has 6 fully saturated rings. The van der Waals surface area contributed by atoms with Gasteiger partial charge in [-0.1, -0.05) is 6.92 Å². The van der Waals surface area contributed by atoms with Crippen LogP contribution in [-0.2, 0) is 33.6 Å². The van der Waals surface area contributed by atoms with E-state index in [4.69, 9.17) is 24.0 Å². The quantitative estimate of drug-likeness (QED) is 0.456. The summed E-state index contributed by atoms with van der Waals surface area (Å²) in [5, 5.41) is 0. The van der Waals surface area contributed by atoms with Crippen molar-refractivity contribution in [1.29, 1.82) is 0 Å². The summed E-state index contributed by atoms with van der Waals surface area (Å²) in [6, 6.07) is -1.25. The fraction of sp³-hybridized carbons (Fsp3) is 0.909. The molecule has 0 aromatic heterocycles. The molecule has 11 heteroatoms. The van der Waals surface area contributed by atoms with E-state index in [-0.39, 0.29) is 31.4 Å². The fourth-order valence-corrected chi connectivity index (χ4v) is 6.67. The molecule has 186 valence electrons. The number of ether oxygens (including phenoxy) is 3. The Morgan fingerprint density at radius 3 is 2.58 bits per heavy atom. The number of alkyl halides is 3. The molecule has 5 aliphatic heterocycles. The summed E-state index contributed by atoms with van der Waals surface area (Å²) in [5.74, 6) is -3.48. The first kappa shape index (κ1) is 23.3. The molecule has 33 heavy (non-hydrogen) atoms. The molecule has 1 amide bonds. The molecule has 8 atom stereocenters. The number of amides is 1. The molecule has 0 aromatic rings. The standard InChI is InChI=1S/C22H30F3NO7/c1-12-6-7-15-19(2,30-18-21(15)13(12)8-9-20(3,31-18)32-33-21)11-29-16(27)14-5-4-10-26(14)17(28)22(23,24)25/h12-15,18H,4-11H2,1-3H3/t12-,13+,14-,15+,18-,19?,20-,21-/m1/s1. The number of likely N-dealkylation sites (tertiary alicyclic amines) is 1. The van der Waals surface area contributed by atoms with Crippen LogP contribution in [-0.4, -0.2) is 65.4 Å². The molecule has 2 bridgehead atoms. The molecule has 1 unspecified atom stereocenters. The second kappa shape index (κ2) is 7.53. The minimum Gasteiger partial charge on any atom is -0.461 e. The summed E-state index contributed by atoms with van der Waals surface area (Å²) in [4.78, 5) is 36.8. The summed E-state index contributed by atoms with van der Waals surface area (Å²) in [6.07, 6.45) is -2.09. The summed E-state index contributed by atoms with van der Waals surface area (Å²) >= 11 is 0. The number of carbonyl (C=O) groups excluding carboxylic acids is 2. The number of hydrogen-bond acceptors (Lipinski definition) is 7. The highest BCUT2D eigenvalue weighted by atomic mass is 19.4. The van der Waals surface area contributed by atoms with Crippen LogP contribution in [0.5, 0.6) is 0 Å². The number of hydrogen-bond donors (Lipinski definition) is 0. The van der Waals surface area contributed by atoms with Crippen molar-refractivity contribution in [2.75, 3.05) is 13.2 Å². The topological polar surface area (TPSA) is 83.5 Å². The first-order chi connectivity index (χ1) is 15.4. The van der Waals surface area contributed by atoms with Gasteiger partial charge in [0.05, 0.1) is 0 Å². The van der Waals surface area contributed by atoms with Crippen molar-refractivity contribution in [2.24, 2.45) is 17.8 Å². The first-order valence-corrected chi connectivity index (χ1v) is 11.7. The molecule has 0 aromatic carbocycles. The molecule has 5 heterocycles. The maximum atomic E-state index is 12.9. The molecule has 1 spiro atoms. The molecule has 5 saturated heterocycles. The van der Waals surface area contributed by atoms with Crippen molar-refractivity contribution >= 4 is 11.9 Å². The highest BCUT2D eigenvalue weighted by Crippen LogP contribution is 2.63. The van der Waals surface area contributed by atoms with Gasteiger partial charge in [0.2, 0.25) is 5.79 Å². The lowest BCUT2D eigenvalue weighted by atomic mass is 9.60. The average molecular weight is 477 g/mol. The number of esters is 1. The Labute approximate surface area is 189 Å². The molecule has 1 aliphatic carbocycles. The third-order valence-electron chi connectivity index (χ3n) is 8.36. The molecule has 0 radical (unpaired) electrons. The van der Waals surface area contributed by atoms with E-state index >= 15 is 0 Å². The normalized spacial score (nSPS) is 46.7. The van der Waals surface area contributed by atoms with Gasteiger partial charge in [0.1, 0.15) is 18.2 Å². The third-order valence-corrected chi connectivity index (χ3v) is 8.36. The Morgan fingerprint density at radius 1 is 1.09 bits per heavy atom. The smallest absolute Gasteiger partial charge is 0.461 e. The third kappa shape index (κ3) is 3.49. The zero-order valence-corrected chi connectivity index (χ0v) is 19.0. The van der Waals surface area contributed by atoms with Crippen LogP contribution >= 0.6 is 0 Å². The van der Waals surface area contributed by atoms with Crippen LogP contribution in [0.15, 0.2) is 0 Å². The number of nitrogens with zero attached hydrogens (tertiary/aromatic N) is 1. The lowest BCUT2D eigenvalue weighted by molar-refractivity contribution is -0.541. The molecule has 6 rings (SSSR count). The molecule has 1 saturated carbocycles. The van der Waals surface area contributed by atoms with E-state index < -0.39 is 47.4 Å². The average Bonchev–Trinajstić information content (AvgIpc) is 3.23. The predicted molar refractivity (Wildman–Crippen MR) is 104 cm³/mol. The highest BCUT2D eigenvalue weighted by molar-refractivity contribution is 5.88. The predicted octanol–water partition coefficient (Wildman–Crippen LogP) is 3.09. The number of rotatable bonds is 3. The van der Waals surface area contributed by atoms with Gasteiger partial charge in [-0.3, -0.25) is 4.79 Å². The number of carbonyl (C=O) groups is 2. The Kier molecular flexibility index (Phi) is 5.32. The van der Waals surface area contributed by atoms with Crippen LogP contribution < -0.4 is 0 Å². The number of fused-ring (bicyclic) bond motifs is 2. The summed E-state index contributed by atoms with van der Waals surface area (Å²) in [5.41, 5.74) is -1.80. The van der Waals surface area contributed by atoms with E-state index in [0.29, 0.717) is 23.7 Å². The van der Waals surface area contributed by atoms with E-state index in [1.165, 1.54) is 0 Å².